The van der Waals surface area contributed by atoms with E-state index in [0.717, 1.165) is 65.0 Å². The predicted octanol–water partition coefficient (Wildman–Crippen LogP) is 6.82. The smallest absolute Gasteiger partial charge is 0.236 e. The molecule has 1 atom stereocenters. The van der Waals surface area contributed by atoms with Crippen LogP contribution in [0.3, 0.4) is 0 Å². The summed E-state index contributed by atoms with van der Waals surface area (Å²) in [7, 11) is 0. The number of hydrogen-bond acceptors (Lipinski definition) is 5. The maximum absolute atomic E-state index is 12.2. The van der Waals surface area contributed by atoms with E-state index in [2.05, 4.69) is 35.1 Å². The fourth-order valence-corrected chi connectivity index (χ4v) is 4.92. The molecule has 1 amide bonds. The normalized spacial score (nSPS) is 12.2. The van der Waals surface area contributed by atoms with Crippen LogP contribution in [0.5, 0.6) is 0 Å². The molecular weight excluding hydrogens is 482 g/mol. The molecule has 0 aromatic carbocycles. The number of unbranched alkanes of at least 4 members (excludes halogenated alkanes) is 16. The van der Waals surface area contributed by atoms with Crippen LogP contribution < -0.4 is 27.0 Å². The molecule has 6 heteroatoms. The lowest BCUT2D eigenvalue weighted by molar-refractivity contribution is -0.122. The second-order valence-electron chi connectivity index (χ2n) is 11.7. The van der Waals surface area contributed by atoms with Gasteiger partial charge in [-0.2, -0.15) is 0 Å². The van der Waals surface area contributed by atoms with Gasteiger partial charge in [0.05, 0.1) is 6.04 Å². The van der Waals surface area contributed by atoms with Crippen molar-refractivity contribution in [3.8, 4) is 0 Å². The van der Waals surface area contributed by atoms with E-state index in [4.69, 9.17) is 5.73 Å². The zero-order valence-electron chi connectivity index (χ0n) is 26.6. The van der Waals surface area contributed by atoms with Crippen molar-refractivity contribution in [2.75, 3.05) is 45.8 Å². The Morgan fingerprint density at radius 2 is 0.821 bits per heavy atom. The van der Waals surface area contributed by atoms with Gasteiger partial charge in [0, 0.05) is 6.54 Å². The fourth-order valence-electron chi connectivity index (χ4n) is 4.92. The summed E-state index contributed by atoms with van der Waals surface area (Å²) in [5, 5.41) is 13.5. The molecule has 0 aromatic rings. The summed E-state index contributed by atoms with van der Waals surface area (Å²) in [5.74, 6) is 0.00326. The zero-order chi connectivity index (χ0) is 28.5. The second kappa shape index (κ2) is 33.5. The van der Waals surface area contributed by atoms with Crippen LogP contribution in [0.25, 0.3) is 0 Å². The minimum atomic E-state index is -0.371. The quantitative estimate of drug-likeness (QED) is 0.0575. The molecule has 0 aliphatic heterocycles. The highest BCUT2D eigenvalue weighted by atomic mass is 16.2. The number of nitrogens with two attached hydrogens (primary N) is 1. The lowest BCUT2D eigenvalue weighted by Gasteiger charge is -2.12. The topological polar surface area (TPSA) is 91.2 Å². The average Bonchev–Trinajstić information content (AvgIpc) is 2.94. The predicted molar refractivity (Wildman–Crippen MR) is 173 cm³/mol. The molecule has 0 saturated heterocycles. The van der Waals surface area contributed by atoms with Gasteiger partial charge in [0.15, 0.2) is 0 Å². The Morgan fingerprint density at radius 3 is 1.31 bits per heavy atom. The number of carbonyl (C=O) groups is 1. The average molecular weight is 554 g/mol. The summed E-state index contributed by atoms with van der Waals surface area (Å²) in [4.78, 5) is 12.2. The Kier molecular flexibility index (Phi) is 32.9. The van der Waals surface area contributed by atoms with Crippen molar-refractivity contribution in [3.05, 3.63) is 0 Å². The lowest BCUT2D eigenvalue weighted by Crippen LogP contribution is -2.41. The van der Waals surface area contributed by atoms with Crippen molar-refractivity contribution in [3.63, 3.8) is 0 Å². The third kappa shape index (κ3) is 31.7. The van der Waals surface area contributed by atoms with E-state index in [1.165, 1.54) is 116 Å². The molecule has 0 aliphatic rings. The van der Waals surface area contributed by atoms with Crippen LogP contribution in [0.1, 0.15) is 155 Å². The molecule has 0 fully saturated rings. The Bertz CT molecular complexity index is 477. The summed E-state index contributed by atoms with van der Waals surface area (Å²) in [6, 6.07) is -0.371. The molecule has 0 rings (SSSR count). The molecule has 39 heavy (non-hydrogen) atoms. The molecule has 0 aliphatic carbocycles. The van der Waals surface area contributed by atoms with E-state index in [0.29, 0.717) is 6.54 Å². The summed E-state index contributed by atoms with van der Waals surface area (Å²) in [5.41, 5.74) is 6.08. The van der Waals surface area contributed by atoms with Gasteiger partial charge in [-0.25, -0.2) is 0 Å². The van der Waals surface area contributed by atoms with Crippen LogP contribution in [0.2, 0.25) is 0 Å². The van der Waals surface area contributed by atoms with Crippen LogP contribution in [-0.2, 0) is 4.79 Å². The third-order valence-corrected chi connectivity index (χ3v) is 7.66. The van der Waals surface area contributed by atoms with E-state index in [-0.39, 0.29) is 11.9 Å². The monoisotopic (exact) mass is 554 g/mol. The van der Waals surface area contributed by atoms with E-state index in [9.17, 15) is 4.79 Å². The van der Waals surface area contributed by atoms with Gasteiger partial charge in [-0.15, -0.1) is 0 Å². The van der Waals surface area contributed by atoms with Gasteiger partial charge < -0.3 is 27.0 Å². The standard InChI is InChI=1S/C33H71N5O/c1-3-5-7-8-9-10-11-12-13-14-15-16-17-19-26-36-27-20-18-24-32(34)33(39)38-31-23-30-37-29-22-21-28-35-25-6-4-2/h32,35-37H,3-31,34H2,1-2H3,(H,38,39)/t32-/m1/s1. The van der Waals surface area contributed by atoms with Crippen LogP contribution >= 0.6 is 0 Å². The van der Waals surface area contributed by atoms with Gasteiger partial charge in [-0.05, 0) is 84.2 Å². The van der Waals surface area contributed by atoms with Gasteiger partial charge in [-0.3, -0.25) is 4.79 Å². The summed E-state index contributed by atoms with van der Waals surface area (Å²) in [6.45, 7) is 11.6. The number of nitrogens with one attached hydrogen (secondary N) is 4. The zero-order valence-corrected chi connectivity index (χ0v) is 26.6. The van der Waals surface area contributed by atoms with E-state index in [1.54, 1.807) is 0 Å². The highest BCUT2D eigenvalue weighted by molar-refractivity contribution is 5.81. The van der Waals surface area contributed by atoms with Crippen LogP contribution in [0.15, 0.2) is 0 Å². The first-order valence-electron chi connectivity index (χ1n) is 17.4. The Labute approximate surface area is 244 Å². The molecule has 0 radical (unpaired) electrons. The maximum Gasteiger partial charge on any atom is 0.236 e. The van der Waals surface area contributed by atoms with Crippen molar-refractivity contribution < 1.29 is 4.79 Å². The van der Waals surface area contributed by atoms with E-state index >= 15 is 0 Å². The van der Waals surface area contributed by atoms with Crippen molar-refractivity contribution in [1.82, 2.24) is 21.3 Å². The van der Waals surface area contributed by atoms with Crippen LogP contribution in [0.4, 0.5) is 0 Å². The van der Waals surface area contributed by atoms with E-state index in [1.807, 2.05) is 0 Å². The Balaban J connectivity index is 3.25. The molecular formula is C33H71N5O. The minimum absolute atomic E-state index is 0.00326. The molecule has 0 spiro atoms. The van der Waals surface area contributed by atoms with Crippen molar-refractivity contribution in [2.45, 2.75) is 161 Å². The Hall–Kier alpha value is -0.690. The SMILES string of the molecule is CCCCCCCCCCCCCCCCNCCCC[C@@H](N)C(=O)NCCCNCCCCNCCCC. The third-order valence-electron chi connectivity index (χ3n) is 7.66. The van der Waals surface area contributed by atoms with Gasteiger partial charge in [-0.1, -0.05) is 110 Å². The highest BCUT2D eigenvalue weighted by Crippen LogP contribution is 2.12. The molecule has 0 heterocycles. The number of carbonyl (C=O) groups excluding carboxylic acids is 1. The van der Waals surface area contributed by atoms with Gasteiger partial charge in [0.25, 0.3) is 0 Å². The molecule has 0 saturated carbocycles. The first-order valence-corrected chi connectivity index (χ1v) is 17.4. The van der Waals surface area contributed by atoms with Crippen LogP contribution in [0, 0.1) is 0 Å². The Morgan fingerprint density at radius 1 is 0.462 bits per heavy atom. The number of rotatable bonds is 33. The number of hydrogen-bond donors (Lipinski definition) is 5. The van der Waals surface area contributed by atoms with E-state index < -0.39 is 0 Å². The molecule has 6 N–H and O–H groups in total. The second-order valence-corrected chi connectivity index (χ2v) is 11.7. The molecule has 0 aromatic heterocycles. The van der Waals surface area contributed by atoms with Crippen LogP contribution in [-0.4, -0.2) is 57.8 Å². The summed E-state index contributed by atoms with van der Waals surface area (Å²) >= 11 is 0. The fraction of sp³-hybridized carbons (Fsp3) is 0.970. The maximum atomic E-state index is 12.2. The molecule has 234 valence electrons. The summed E-state index contributed by atoms with van der Waals surface area (Å²) < 4.78 is 0. The van der Waals surface area contributed by atoms with Gasteiger partial charge in [0.1, 0.15) is 0 Å². The minimum Gasteiger partial charge on any atom is -0.355 e. The molecule has 0 unspecified atom stereocenters. The van der Waals surface area contributed by atoms with Crippen molar-refractivity contribution >= 4 is 5.91 Å². The highest BCUT2D eigenvalue weighted by Gasteiger charge is 2.11. The summed E-state index contributed by atoms with van der Waals surface area (Å²) in [6.07, 6.45) is 28.5. The number of amides is 1. The first kappa shape index (κ1) is 38.3. The van der Waals surface area contributed by atoms with Crippen molar-refractivity contribution in [2.24, 2.45) is 5.73 Å². The van der Waals surface area contributed by atoms with Gasteiger partial charge in [0.2, 0.25) is 5.91 Å². The van der Waals surface area contributed by atoms with Crippen molar-refractivity contribution in [1.29, 1.82) is 0 Å². The van der Waals surface area contributed by atoms with Gasteiger partial charge >= 0.3 is 0 Å². The lowest BCUT2D eigenvalue weighted by atomic mass is 10.0. The molecule has 0 bridgehead atoms. The molecule has 6 nitrogen and oxygen atoms in total. The first-order chi connectivity index (χ1) is 19.2. The largest absolute Gasteiger partial charge is 0.355 e.